The van der Waals surface area contributed by atoms with Crippen LogP contribution in [0, 0.1) is 13.8 Å². The monoisotopic (exact) mass is 323 g/mol. The highest BCUT2D eigenvalue weighted by atomic mass is 32.1. The van der Waals surface area contributed by atoms with Gasteiger partial charge in [0.2, 0.25) is 5.91 Å². The third-order valence-electron chi connectivity index (χ3n) is 3.28. The normalized spacial score (nSPS) is 14.0. The molecule has 2 aromatic heterocycles. The molecule has 114 valence electrons. The maximum absolute atomic E-state index is 12.2. The lowest BCUT2D eigenvalue weighted by atomic mass is 9.97. The number of hydrogen-bond acceptors (Lipinski definition) is 5. The molecule has 1 unspecified atom stereocenters. The highest BCUT2D eigenvalue weighted by molar-refractivity contribution is 7.18. The number of hydrogen-bond donors (Lipinski definition) is 2. The number of carbonyl (C=O) groups excluding carboxylic acids is 1. The second kappa shape index (κ2) is 6.25. The first kappa shape index (κ1) is 16.1. The van der Waals surface area contributed by atoms with E-state index in [9.17, 15) is 4.79 Å². The summed E-state index contributed by atoms with van der Waals surface area (Å²) in [6.45, 7) is 7.87. The predicted octanol–water partition coefficient (Wildman–Crippen LogP) is 3.94. The molecule has 4 nitrogen and oxygen atoms in total. The van der Waals surface area contributed by atoms with E-state index in [2.05, 4.69) is 29.4 Å². The molecule has 0 aliphatic carbocycles. The Morgan fingerprint density at radius 2 is 2.10 bits per heavy atom. The summed E-state index contributed by atoms with van der Waals surface area (Å²) in [6, 6.07) is 4.15. The van der Waals surface area contributed by atoms with Crippen molar-refractivity contribution in [1.29, 1.82) is 0 Å². The smallest absolute Gasteiger partial charge is 0.245 e. The summed E-state index contributed by atoms with van der Waals surface area (Å²) in [5.74, 6) is -0.174. The van der Waals surface area contributed by atoms with Gasteiger partial charge in [-0.2, -0.15) is 0 Å². The van der Waals surface area contributed by atoms with Gasteiger partial charge in [-0.15, -0.1) is 22.7 Å². The zero-order valence-electron chi connectivity index (χ0n) is 12.8. The molecule has 0 aliphatic heterocycles. The first-order chi connectivity index (χ1) is 9.83. The molecule has 0 bridgehead atoms. The number of nitrogens with one attached hydrogen (secondary N) is 1. The molecule has 3 N–H and O–H groups in total. The standard InChI is InChI=1S/C15H21N3OS2/c1-5-8-15(4,16)13(19)18-14-17-12(10(3)21-14)11-7-6-9(2)20-11/h6-7H,5,8,16H2,1-4H3,(H,17,18,19). The van der Waals surface area contributed by atoms with E-state index in [1.165, 1.54) is 16.2 Å². The van der Waals surface area contributed by atoms with Crippen molar-refractivity contribution in [3.8, 4) is 10.6 Å². The minimum atomic E-state index is -0.853. The molecule has 6 heteroatoms. The third-order valence-corrected chi connectivity index (χ3v) is 5.17. The van der Waals surface area contributed by atoms with Crippen molar-refractivity contribution >= 4 is 33.7 Å². The Kier molecular flexibility index (Phi) is 4.81. The predicted molar refractivity (Wildman–Crippen MR) is 91.0 cm³/mol. The van der Waals surface area contributed by atoms with Gasteiger partial charge in [-0.25, -0.2) is 4.98 Å². The number of nitrogens with two attached hydrogens (primary N) is 1. The van der Waals surface area contributed by atoms with Gasteiger partial charge in [0.05, 0.1) is 16.1 Å². The van der Waals surface area contributed by atoms with E-state index in [0.717, 1.165) is 21.9 Å². The van der Waals surface area contributed by atoms with E-state index in [1.807, 2.05) is 13.8 Å². The number of anilines is 1. The van der Waals surface area contributed by atoms with Gasteiger partial charge in [-0.05, 0) is 39.3 Å². The fourth-order valence-electron chi connectivity index (χ4n) is 2.11. The first-order valence-corrected chi connectivity index (χ1v) is 8.61. The van der Waals surface area contributed by atoms with Crippen LogP contribution in [0.4, 0.5) is 5.13 Å². The van der Waals surface area contributed by atoms with Crippen LogP contribution in [0.25, 0.3) is 10.6 Å². The van der Waals surface area contributed by atoms with E-state index in [-0.39, 0.29) is 5.91 Å². The molecule has 0 spiro atoms. The number of nitrogens with zero attached hydrogens (tertiary/aromatic N) is 1. The number of aromatic nitrogens is 1. The fraction of sp³-hybridized carbons (Fsp3) is 0.467. The summed E-state index contributed by atoms with van der Waals surface area (Å²) in [4.78, 5) is 20.2. The quantitative estimate of drug-likeness (QED) is 0.875. The van der Waals surface area contributed by atoms with Crippen molar-refractivity contribution < 1.29 is 4.79 Å². The molecule has 0 saturated carbocycles. The van der Waals surface area contributed by atoms with Crippen molar-refractivity contribution in [2.45, 2.75) is 46.1 Å². The lowest BCUT2D eigenvalue weighted by Gasteiger charge is -2.21. The number of thiophene rings is 1. The van der Waals surface area contributed by atoms with Gasteiger partial charge in [-0.1, -0.05) is 13.3 Å². The SMILES string of the molecule is CCCC(C)(N)C(=O)Nc1nc(-c2ccc(C)s2)c(C)s1. The molecule has 0 fully saturated rings. The highest BCUT2D eigenvalue weighted by Crippen LogP contribution is 2.34. The van der Waals surface area contributed by atoms with Crippen LogP contribution in [0.1, 0.15) is 36.4 Å². The molecule has 1 amide bonds. The van der Waals surface area contributed by atoms with Crippen LogP contribution in [-0.4, -0.2) is 16.4 Å². The maximum Gasteiger partial charge on any atom is 0.245 e. The molecule has 2 rings (SSSR count). The maximum atomic E-state index is 12.2. The zero-order valence-corrected chi connectivity index (χ0v) is 14.5. The average Bonchev–Trinajstić information content (AvgIpc) is 2.95. The molecule has 2 heterocycles. The largest absolute Gasteiger partial charge is 0.318 e. The second-order valence-corrected chi connectivity index (χ2v) is 7.95. The number of thiazole rings is 1. The van der Waals surface area contributed by atoms with E-state index < -0.39 is 5.54 Å². The lowest BCUT2D eigenvalue weighted by molar-refractivity contribution is -0.120. The Balaban J connectivity index is 2.18. The van der Waals surface area contributed by atoms with E-state index in [1.54, 1.807) is 18.3 Å². The molecule has 1 atom stereocenters. The summed E-state index contributed by atoms with van der Waals surface area (Å²) in [5.41, 5.74) is 6.14. The number of aryl methyl sites for hydroxylation is 2. The van der Waals surface area contributed by atoms with E-state index >= 15 is 0 Å². The van der Waals surface area contributed by atoms with Crippen LogP contribution in [0.15, 0.2) is 12.1 Å². The first-order valence-electron chi connectivity index (χ1n) is 6.98. The molecular formula is C15H21N3OS2. The van der Waals surface area contributed by atoms with Crippen molar-refractivity contribution in [2.24, 2.45) is 5.73 Å². The molecule has 21 heavy (non-hydrogen) atoms. The summed E-state index contributed by atoms with van der Waals surface area (Å²) >= 11 is 3.20. The lowest BCUT2D eigenvalue weighted by Crippen LogP contribution is -2.48. The van der Waals surface area contributed by atoms with E-state index in [4.69, 9.17) is 5.73 Å². The topological polar surface area (TPSA) is 68.0 Å². The van der Waals surface area contributed by atoms with Crippen molar-refractivity contribution in [2.75, 3.05) is 5.32 Å². The molecule has 0 radical (unpaired) electrons. The molecule has 0 aliphatic rings. The summed E-state index contributed by atoms with van der Waals surface area (Å²) in [6.07, 6.45) is 1.53. The van der Waals surface area contributed by atoms with Gasteiger partial charge < -0.3 is 11.1 Å². The van der Waals surface area contributed by atoms with Gasteiger partial charge in [-0.3, -0.25) is 4.79 Å². The zero-order chi connectivity index (χ0) is 15.6. The van der Waals surface area contributed by atoms with Crippen LogP contribution in [0.5, 0.6) is 0 Å². The summed E-state index contributed by atoms with van der Waals surface area (Å²) in [5, 5.41) is 3.47. The van der Waals surface area contributed by atoms with Crippen LogP contribution >= 0.6 is 22.7 Å². The third kappa shape index (κ3) is 3.70. The minimum Gasteiger partial charge on any atom is -0.318 e. The molecule has 0 aromatic carbocycles. The Bertz CT molecular complexity index is 643. The van der Waals surface area contributed by atoms with Crippen LogP contribution in [0.3, 0.4) is 0 Å². The van der Waals surface area contributed by atoms with Gasteiger partial charge in [0.1, 0.15) is 0 Å². The van der Waals surface area contributed by atoms with Crippen LogP contribution in [0.2, 0.25) is 0 Å². The van der Waals surface area contributed by atoms with E-state index in [0.29, 0.717) is 11.6 Å². The van der Waals surface area contributed by atoms with Crippen molar-refractivity contribution in [3.63, 3.8) is 0 Å². The highest BCUT2D eigenvalue weighted by Gasteiger charge is 2.28. The summed E-state index contributed by atoms with van der Waals surface area (Å²) in [7, 11) is 0. The van der Waals surface area contributed by atoms with Gasteiger partial charge in [0.25, 0.3) is 0 Å². The number of carbonyl (C=O) groups is 1. The van der Waals surface area contributed by atoms with Gasteiger partial charge in [0.15, 0.2) is 5.13 Å². The summed E-state index contributed by atoms with van der Waals surface area (Å²) < 4.78 is 0. The van der Waals surface area contributed by atoms with Crippen molar-refractivity contribution in [3.05, 3.63) is 21.9 Å². The van der Waals surface area contributed by atoms with Gasteiger partial charge >= 0.3 is 0 Å². The van der Waals surface area contributed by atoms with Gasteiger partial charge in [0, 0.05) is 9.75 Å². The van der Waals surface area contributed by atoms with Crippen LogP contribution < -0.4 is 11.1 Å². The fourth-order valence-corrected chi connectivity index (χ4v) is 3.92. The Hall–Kier alpha value is -1.24. The minimum absolute atomic E-state index is 0.174. The molecule has 2 aromatic rings. The molecule has 0 saturated heterocycles. The second-order valence-electron chi connectivity index (χ2n) is 5.46. The molecular weight excluding hydrogens is 302 g/mol. The average molecular weight is 323 g/mol. The van der Waals surface area contributed by atoms with Crippen molar-refractivity contribution in [1.82, 2.24) is 4.98 Å². The Labute approximate surface area is 133 Å². The Morgan fingerprint density at radius 1 is 1.38 bits per heavy atom. The van der Waals surface area contributed by atoms with Crippen LogP contribution in [-0.2, 0) is 4.79 Å². The number of rotatable bonds is 5. The number of amides is 1. The Morgan fingerprint density at radius 3 is 2.67 bits per heavy atom.